The Labute approximate surface area is 168 Å². The summed E-state index contributed by atoms with van der Waals surface area (Å²) in [7, 11) is -3.23. The van der Waals surface area contributed by atoms with E-state index in [1.807, 2.05) is 18.2 Å². The summed E-state index contributed by atoms with van der Waals surface area (Å²) in [5.41, 5.74) is 0.731. The van der Waals surface area contributed by atoms with E-state index in [1.54, 1.807) is 18.2 Å². The lowest BCUT2D eigenvalue weighted by Crippen LogP contribution is -2.44. The Morgan fingerprint density at radius 3 is 2.54 bits per heavy atom. The molecule has 2 atom stereocenters. The third-order valence-electron chi connectivity index (χ3n) is 5.96. The molecule has 2 unspecified atom stereocenters. The predicted molar refractivity (Wildman–Crippen MR) is 115 cm³/mol. The van der Waals surface area contributed by atoms with E-state index in [-0.39, 0.29) is 11.7 Å². The highest BCUT2D eigenvalue weighted by Crippen LogP contribution is 2.27. The summed E-state index contributed by atoms with van der Waals surface area (Å²) in [6.45, 7) is 6.40. The maximum absolute atomic E-state index is 13.2. The minimum absolute atomic E-state index is 0.0485. The van der Waals surface area contributed by atoms with E-state index in [9.17, 15) is 13.2 Å². The highest BCUT2D eigenvalue weighted by molar-refractivity contribution is 7.90. The lowest BCUT2D eigenvalue weighted by atomic mass is 9.88. The third kappa shape index (κ3) is 4.64. The zero-order valence-corrected chi connectivity index (χ0v) is 18.0. The second kappa shape index (κ2) is 8.75. The van der Waals surface area contributed by atoms with Crippen LogP contribution < -0.4 is 0 Å². The molecule has 1 fully saturated rings. The number of Topliss-reactive ketones (excluding diaryl/α,β-unsaturated/α-hetero) is 1. The van der Waals surface area contributed by atoms with Gasteiger partial charge in [-0.2, -0.15) is 0 Å². The second-order valence-electron chi connectivity index (χ2n) is 8.04. The molecule has 1 aliphatic rings. The van der Waals surface area contributed by atoms with E-state index in [0.29, 0.717) is 10.9 Å². The van der Waals surface area contributed by atoms with Crippen molar-refractivity contribution in [1.29, 1.82) is 0 Å². The quantitative estimate of drug-likeness (QED) is 0.630. The van der Waals surface area contributed by atoms with Crippen LogP contribution in [0.15, 0.2) is 41.3 Å². The molecule has 1 saturated heterocycles. The first-order chi connectivity index (χ1) is 13.3. The van der Waals surface area contributed by atoms with E-state index >= 15 is 0 Å². The van der Waals surface area contributed by atoms with Crippen LogP contribution in [0.2, 0.25) is 0 Å². The number of carbonyl (C=O) groups excluding carboxylic acids is 1. The van der Waals surface area contributed by atoms with Gasteiger partial charge in [-0.25, -0.2) is 8.42 Å². The van der Waals surface area contributed by atoms with Gasteiger partial charge in [-0.3, -0.25) is 9.69 Å². The molecule has 2 aromatic rings. The van der Waals surface area contributed by atoms with Crippen molar-refractivity contribution < 1.29 is 13.2 Å². The molecule has 0 spiro atoms. The Morgan fingerprint density at radius 2 is 1.86 bits per heavy atom. The molecular formula is C23H31NO3S. The van der Waals surface area contributed by atoms with Gasteiger partial charge in [0.05, 0.1) is 4.90 Å². The monoisotopic (exact) mass is 401 g/mol. The molecule has 0 aliphatic carbocycles. The first-order valence-electron chi connectivity index (χ1n) is 10.4. The third-order valence-corrected chi connectivity index (χ3v) is 7.07. The Hall–Kier alpha value is -1.72. The maximum atomic E-state index is 13.2. The molecule has 3 rings (SSSR count). The summed E-state index contributed by atoms with van der Waals surface area (Å²) < 4.78 is 23.5. The van der Waals surface area contributed by atoms with Gasteiger partial charge in [0.2, 0.25) is 0 Å². The van der Waals surface area contributed by atoms with E-state index < -0.39 is 9.84 Å². The highest BCUT2D eigenvalue weighted by Gasteiger charge is 2.29. The molecule has 1 heterocycles. The Balaban J connectivity index is 1.80. The normalized spacial score (nSPS) is 19.6. The number of nitrogens with zero attached hydrogens (tertiary/aromatic N) is 1. The van der Waals surface area contributed by atoms with E-state index in [4.69, 9.17) is 0 Å². The Kier molecular flexibility index (Phi) is 6.56. The fraction of sp³-hybridized carbons (Fsp3) is 0.522. The predicted octanol–water partition coefficient (Wildman–Crippen LogP) is 4.72. The number of carbonyl (C=O) groups is 1. The molecule has 5 heteroatoms. The van der Waals surface area contributed by atoms with Crippen molar-refractivity contribution in [3.8, 4) is 0 Å². The molecule has 0 amide bonds. The van der Waals surface area contributed by atoms with Gasteiger partial charge in [-0.15, -0.1) is 0 Å². The van der Waals surface area contributed by atoms with Gasteiger partial charge in [0.1, 0.15) is 0 Å². The fourth-order valence-corrected chi connectivity index (χ4v) is 5.03. The van der Waals surface area contributed by atoms with Crippen LogP contribution in [-0.2, 0) is 9.84 Å². The first kappa shape index (κ1) is 21.0. The molecule has 0 bridgehead atoms. The molecular weight excluding hydrogens is 370 g/mol. The molecule has 0 N–H and O–H groups in total. The molecule has 0 radical (unpaired) electrons. The standard InChI is InChI=1S/C23H31NO3S/c1-4-7-21(5-2)24-13-6-8-20(16-24)23(25)19-10-9-18-15-22(28(3,26)27)12-11-17(18)14-19/h9-12,14-15,20-21H,4-8,13,16H2,1-3H3. The van der Waals surface area contributed by atoms with Crippen molar-refractivity contribution in [1.82, 2.24) is 4.90 Å². The summed E-state index contributed by atoms with van der Waals surface area (Å²) in [6.07, 6.45) is 6.73. The number of rotatable bonds is 7. The number of benzene rings is 2. The number of piperidine rings is 1. The van der Waals surface area contributed by atoms with Crippen molar-refractivity contribution in [2.24, 2.45) is 5.92 Å². The SMILES string of the molecule is CCCC(CC)N1CCCC(C(=O)c2ccc3cc(S(C)(=O)=O)ccc3c2)C1. The summed E-state index contributed by atoms with van der Waals surface area (Å²) in [4.78, 5) is 16.0. The number of ketones is 1. The minimum atomic E-state index is -3.23. The van der Waals surface area contributed by atoms with E-state index in [2.05, 4.69) is 18.7 Å². The van der Waals surface area contributed by atoms with Gasteiger partial charge in [-0.1, -0.05) is 38.5 Å². The summed E-state index contributed by atoms with van der Waals surface area (Å²) >= 11 is 0. The summed E-state index contributed by atoms with van der Waals surface area (Å²) in [5.74, 6) is 0.262. The lowest BCUT2D eigenvalue weighted by molar-refractivity contribution is 0.0735. The molecule has 0 saturated carbocycles. The zero-order valence-electron chi connectivity index (χ0n) is 17.1. The van der Waals surface area contributed by atoms with Gasteiger partial charge < -0.3 is 0 Å². The highest BCUT2D eigenvalue weighted by atomic mass is 32.2. The van der Waals surface area contributed by atoms with Crippen molar-refractivity contribution >= 4 is 26.4 Å². The van der Waals surface area contributed by atoms with Crippen molar-refractivity contribution in [3.05, 3.63) is 42.0 Å². The van der Waals surface area contributed by atoms with Crippen LogP contribution in [0.25, 0.3) is 10.8 Å². The van der Waals surface area contributed by atoms with E-state index in [0.717, 1.165) is 48.7 Å². The van der Waals surface area contributed by atoms with Crippen LogP contribution in [0, 0.1) is 5.92 Å². The van der Waals surface area contributed by atoms with Crippen LogP contribution in [0.5, 0.6) is 0 Å². The van der Waals surface area contributed by atoms with Crippen LogP contribution in [0.3, 0.4) is 0 Å². The number of likely N-dealkylation sites (tertiary alicyclic amines) is 1. The molecule has 0 aromatic heterocycles. The van der Waals surface area contributed by atoms with Crippen molar-refractivity contribution in [2.45, 2.75) is 56.9 Å². The van der Waals surface area contributed by atoms with E-state index in [1.165, 1.54) is 19.1 Å². The molecule has 4 nitrogen and oxygen atoms in total. The smallest absolute Gasteiger partial charge is 0.175 e. The van der Waals surface area contributed by atoms with Gasteiger partial charge in [0, 0.05) is 30.3 Å². The zero-order chi connectivity index (χ0) is 20.3. The van der Waals surface area contributed by atoms with Crippen LogP contribution >= 0.6 is 0 Å². The first-order valence-corrected chi connectivity index (χ1v) is 12.2. The number of hydrogen-bond acceptors (Lipinski definition) is 4. The lowest BCUT2D eigenvalue weighted by Gasteiger charge is -2.37. The summed E-state index contributed by atoms with van der Waals surface area (Å²) in [6, 6.07) is 11.3. The average Bonchev–Trinajstić information content (AvgIpc) is 2.70. The number of fused-ring (bicyclic) bond motifs is 1. The topological polar surface area (TPSA) is 54.5 Å². The van der Waals surface area contributed by atoms with Crippen LogP contribution in [0.4, 0.5) is 0 Å². The molecule has 28 heavy (non-hydrogen) atoms. The van der Waals surface area contributed by atoms with Crippen molar-refractivity contribution in [2.75, 3.05) is 19.3 Å². The van der Waals surface area contributed by atoms with Gasteiger partial charge in [-0.05, 0) is 61.2 Å². The summed E-state index contributed by atoms with van der Waals surface area (Å²) in [5, 5.41) is 1.75. The molecule has 152 valence electrons. The fourth-order valence-electron chi connectivity index (χ4n) is 4.37. The van der Waals surface area contributed by atoms with Crippen LogP contribution in [0.1, 0.15) is 56.3 Å². The Morgan fingerprint density at radius 1 is 1.14 bits per heavy atom. The number of hydrogen-bond donors (Lipinski definition) is 0. The largest absolute Gasteiger partial charge is 0.300 e. The Bertz CT molecular complexity index is 951. The second-order valence-corrected chi connectivity index (χ2v) is 10.1. The molecule has 1 aliphatic heterocycles. The minimum Gasteiger partial charge on any atom is -0.300 e. The van der Waals surface area contributed by atoms with Gasteiger partial charge in [0.15, 0.2) is 15.6 Å². The maximum Gasteiger partial charge on any atom is 0.175 e. The van der Waals surface area contributed by atoms with Crippen molar-refractivity contribution in [3.63, 3.8) is 0 Å². The van der Waals surface area contributed by atoms with Gasteiger partial charge in [0.25, 0.3) is 0 Å². The van der Waals surface area contributed by atoms with Crippen LogP contribution in [-0.4, -0.2) is 44.5 Å². The van der Waals surface area contributed by atoms with Gasteiger partial charge >= 0.3 is 0 Å². The molecule has 2 aromatic carbocycles. The average molecular weight is 402 g/mol. The number of sulfone groups is 1.